The highest BCUT2D eigenvalue weighted by Gasteiger charge is 2.10. The second-order valence-corrected chi connectivity index (χ2v) is 5.53. The van der Waals surface area contributed by atoms with E-state index in [1.54, 1.807) is 4.52 Å². The van der Waals surface area contributed by atoms with E-state index in [1.165, 1.54) is 18.2 Å². The summed E-state index contributed by atoms with van der Waals surface area (Å²) in [5.41, 5.74) is 2.06. The first-order valence-electron chi connectivity index (χ1n) is 7.65. The Morgan fingerprint density at radius 1 is 1.25 bits per heavy atom. The van der Waals surface area contributed by atoms with E-state index >= 15 is 0 Å². The predicted octanol–water partition coefficient (Wildman–Crippen LogP) is 2.67. The van der Waals surface area contributed by atoms with Crippen LogP contribution >= 0.6 is 0 Å². The molecule has 0 unspecified atom stereocenters. The number of rotatable bonds is 5. The molecule has 24 heavy (non-hydrogen) atoms. The zero-order valence-electron chi connectivity index (χ0n) is 13.5. The van der Waals surface area contributed by atoms with Gasteiger partial charge in [0.05, 0.1) is 12.2 Å². The molecule has 0 aliphatic carbocycles. The van der Waals surface area contributed by atoms with E-state index in [1.807, 2.05) is 19.9 Å². The third kappa shape index (κ3) is 3.56. The van der Waals surface area contributed by atoms with E-state index in [0.29, 0.717) is 24.4 Å². The van der Waals surface area contributed by atoms with Gasteiger partial charge in [-0.15, -0.1) is 5.10 Å². The van der Waals surface area contributed by atoms with E-state index in [4.69, 9.17) is 4.74 Å². The van der Waals surface area contributed by atoms with Gasteiger partial charge >= 0.3 is 5.97 Å². The first kappa shape index (κ1) is 16.0. The zero-order chi connectivity index (χ0) is 17.1. The van der Waals surface area contributed by atoms with E-state index in [0.717, 1.165) is 17.5 Å². The lowest BCUT2D eigenvalue weighted by Gasteiger charge is -2.03. The molecular weight excluding hydrogens is 311 g/mol. The molecule has 0 bridgehead atoms. The van der Waals surface area contributed by atoms with Crippen molar-refractivity contribution >= 4 is 11.7 Å². The summed E-state index contributed by atoms with van der Waals surface area (Å²) in [6.07, 6.45) is 1.15. The first-order valence-corrected chi connectivity index (χ1v) is 7.65. The number of carbonyl (C=O) groups excluding carboxylic acids is 1. The fourth-order valence-electron chi connectivity index (χ4n) is 2.41. The van der Waals surface area contributed by atoms with Crippen LogP contribution in [0.25, 0.3) is 5.78 Å². The smallest absolute Gasteiger partial charge is 0.338 e. The quantitative estimate of drug-likeness (QED) is 0.532. The Hall–Kier alpha value is -2.83. The SMILES string of the molecule is Cc1cc(C)n2nc(CCCOC(=O)c3cccc(F)c3)nc2n1. The molecule has 6 nitrogen and oxygen atoms in total. The molecule has 0 aliphatic heterocycles. The maximum absolute atomic E-state index is 13.1. The highest BCUT2D eigenvalue weighted by molar-refractivity contribution is 5.89. The minimum atomic E-state index is -0.536. The summed E-state index contributed by atoms with van der Waals surface area (Å²) >= 11 is 0. The molecule has 7 heteroatoms. The Kier molecular flexibility index (Phi) is 4.50. The second kappa shape index (κ2) is 6.74. The largest absolute Gasteiger partial charge is 0.462 e. The van der Waals surface area contributed by atoms with Crippen LogP contribution in [0.3, 0.4) is 0 Å². The molecule has 0 amide bonds. The van der Waals surface area contributed by atoms with Crippen molar-refractivity contribution in [1.82, 2.24) is 19.6 Å². The van der Waals surface area contributed by atoms with Crippen molar-refractivity contribution in [2.75, 3.05) is 6.61 Å². The molecule has 0 atom stereocenters. The molecule has 0 N–H and O–H groups in total. The van der Waals surface area contributed by atoms with Crippen LogP contribution in [0, 0.1) is 19.7 Å². The number of carbonyl (C=O) groups is 1. The number of benzene rings is 1. The summed E-state index contributed by atoms with van der Waals surface area (Å²) in [7, 11) is 0. The fraction of sp³-hybridized carbons (Fsp3) is 0.294. The molecule has 0 radical (unpaired) electrons. The lowest BCUT2D eigenvalue weighted by atomic mass is 10.2. The van der Waals surface area contributed by atoms with E-state index < -0.39 is 11.8 Å². The van der Waals surface area contributed by atoms with Gasteiger partial charge in [0.2, 0.25) is 0 Å². The van der Waals surface area contributed by atoms with Crippen molar-refractivity contribution in [3.8, 4) is 0 Å². The number of aryl methyl sites for hydroxylation is 3. The topological polar surface area (TPSA) is 69.4 Å². The van der Waals surface area contributed by atoms with Crippen molar-refractivity contribution in [3.05, 3.63) is 58.9 Å². The molecule has 2 heterocycles. The Morgan fingerprint density at radius 3 is 2.88 bits per heavy atom. The number of fused-ring (bicyclic) bond motifs is 1. The van der Waals surface area contributed by atoms with Gasteiger partial charge in [-0.2, -0.15) is 4.98 Å². The third-order valence-electron chi connectivity index (χ3n) is 3.50. The summed E-state index contributed by atoms with van der Waals surface area (Å²) in [4.78, 5) is 20.5. The maximum atomic E-state index is 13.1. The molecular formula is C17H17FN4O2. The number of esters is 1. The van der Waals surface area contributed by atoms with E-state index in [-0.39, 0.29) is 12.2 Å². The molecule has 0 fully saturated rings. The summed E-state index contributed by atoms with van der Waals surface area (Å²) in [6, 6.07) is 7.37. The molecule has 0 saturated heterocycles. The first-order chi connectivity index (χ1) is 11.5. The van der Waals surface area contributed by atoms with Crippen molar-refractivity contribution < 1.29 is 13.9 Å². The van der Waals surface area contributed by atoms with Gasteiger partial charge in [0.1, 0.15) is 5.82 Å². The van der Waals surface area contributed by atoms with Crippen molar-refractivity contribution in [3.63, 3.8) is 0 Å². The van der Waals surface area contributed by atoms with Gasteiger partial charge in [0.15, 0.2) is 5.82 Å². The Labute approximate surface area is 138 Å². The van der Waals surface area contributed by atoms with Gasteiger partial charge in [-0.05, 0) is 44.5 Å². The Morgan fingerprint density at radius 2 is 2.08 bits per heavy atom. The van der Waals surface area contributed by atoms with Crippen molar-refractivity contribution in [1.29, 1.82) is 0 Å². The van der Waals surface area contributed by atoms with Gasteiger partial charge in [-0.25, -0.2) is 18.7 Å². The highest BCUT2D eigenvalue weighted by atomic mass is 19.1. The van der Waals surface area contributed by atoms with Crippen LogP contribution in [0.5, 0.6) is 0 Å². The van der Waals surface area contributed by atoms with Crippen LogP contribution in [0.4, 0.5) is 4.39 Å². The monoisotopic (exact) mass is 328 g/mol. The Balaban J connectivity index is 1.55. The van der Waals surface area contributed by atoms with Crippen LogP contribution in [0.2, 0.25) is 0 Å². The van der Waals surface area contributed by atoms with Gasteiger partial charge in [0, 0.05) is 17.8 Å². The predicted molar refractivity (Wildman–Crippen MR) is 85.3 cm³/mol. The minimum absolute atomic E-state index is 0.205. The van der Waals surface area contributed by atoms with E-state index in [9.17, 15) is 9.18 Å². The molecule has 124 valence electrons. The molecule has 3 rings (SSSR count). The van der Waals surface area contributed by atoms with Gasteiger partial charge in [-0.3, -0.25) is 0 Å². The van der Waals surface area contributed by atoms with Crippen LogP contribution < -0.4 is 0 Å². The summed E-state index contributed by atoms with van der Waals surface area (Å²) in [6.45, 7) is 4.07. The molecule has 1 aromatic carbocycles. The number of hydrogen-bond acceptors (Lipinski definition) is 5. The standard InChI is InChI=1S/C17H17FN4O2/c1-11-9-12(2)22-17(19-11)20-15(21-22)7-4-8-24-16(23)13-5-3-6-14(18)10-13/h3,5-6,9-10H,4,7-8H2,1-2H3. The van der Waals surface area contributed by atoms with Crippen molar-refractivity contribution in [2.45, 2.75) is 26.7 Å². The van der Waals surface area contributed by atoms with Crippen LogP contribution in [-0.4, -0.2) is 32.2 Å². The average Bonchev–Trinajstić information content (AvgIpc) is 2.94. The number of aromatic nitrogens is 4. The maximum Gasteiger partial charge on any atom is 0.338 e. The number of nitrogens with zero attached hydrogens (tertiary/aromatic N) is 4. The molecule has 0 aliphatic rings. The lowest BCUT2D eigenvalue weighted by molar-refractivity contribution is 0.0499. The lowest BCUT2D eigenvalue weighted by Crippen LogP contribution is -2.07. The van der Waals surface area contributed by atoms with E-state index in [2.05, 4.69) is 15.1 Å². The Bertz CT molecular complexity index is 891. The van der Waals surface area contributed by atoms with Gasteiger partial charge in [0.25, 0.3) is 5.78 Å². The average molecular weight is 328 g/mol. The zero-order valence-corrected chi connectivity index (χ0v) is 13.5. The highest BCUT2D eigenvalue weighted by Crippen LogP contribution is 2.08. The fourth-order valence-corrected chi connectivity index (χ4v) is 2.41. The summed E-state index contributed by atoms with van der Waals surface area (Å²) < 4.78 is 19.9. The summed E-state index contributed by atoms with van der Waals surface area (Å²) in [5.74, 6) is 0.222. The van der Waals surface area contributed by atoms with Crippen molar-refractivity contribution in [2.24, 2.45) is 0 Å². The number of halogens is 1. The van der Waals surface area contributed by atoms with Gasteiger partial charge < -0.3 is 4.74 Å². The number of ether oxygens (including phenoxy) is 1. The van der Waals surface area contributed by atoms with Crippen LogP contribution in [-0.2, 0) is 11.2 Å². The van der Waals surface area contributed by atoms with Crippen LogP contribution in [0.15, 0.2) is 30.3 Å². The number of hydrogen-bond donors (Lipinski definition) is 0. The molecule has 2 aromatic heterocycles. The minimum Gasteiger partial charge on any atom is -0.462 e. The summed E-state index contributed by atoms with van der Waals surface area (Å²) in [5, 5.41) is 4.39. The molecule has 0 spiro atoms. The second-order valence-electron chi connectivity index (χ2n) is 5.53. The van der Waals surface area contributed by atoms with Gasteiger partial charge in [-0.1, -0.05) is 6.07 Å². The molecule has 0 saturated carbocycles. The van der Waals surface area contributed by atoms with Crippen LogP contribution in [0.1, 0.15) is 34.0 Å². The normalized spacial score (nSPS) is 11.0. The molecule has 3 aromatic rings. The third-order valence-corrected chi connectivity index (χ3v) is 3.50.